The number of benzene rings is 1. The minimum atomic E-state index is 1.04. The van der Waals surface area contributed by atoms with Crippen molar-refractivity contribution in [3.05, 3.63) is 42.2 Å². The summed E-state index contributed by atoms with van der Waals surface area (Å²) < 4.78 is 0. The van der Waals surface area contributed by atoms with Gasteiger partial charge in [0.15, 0.2) is 0 Å². The number of hydrogen-bond acceptors (Lipinski definition) is 1. The molecule has 0 aliphatic heterocycles. The second kappa shape index (κ2) is 3.56. The van der Waals surface area contributed by atoms with Crippen LogP contribution in [0.1, 0.15) is 19.0 Å². The zero-order chi connectivity index (χ0) is 9.10. The van der Waals surface area contributed by atoms with Crippen molar-refractivity contribution in [3.63, 3.8) is 0 Å². The zero-order valence-corrected chi connectivity index (χ0v) is 7.75. The van der Waals surface area contributed by atoms with E-state index >= 15 is 0 Å². The van der Waals surface area contributed by atoms with Crippen LogP contribution in [0.5, 0.6) is 0 Å². The molecule has 1 nitrogen and oxygen atoms in total. The summed E-state index contributed by atoms with van der Waals surface area (Å²) in [5, 5.41) is 2.50. The summed E-state index contributed by atoms with van der Waals surface area (Å²) in [5.74, 6) is 0. The topological polar surface area (TPSA) is 12.9 Å². The standard InChI is InChI=1S/C12H12N/c1-2-5-12-11-7-4-3-6-10(11)8-9-13-12/h3-4,6-8H,2,5H2,1H3. The molecule has 0 atom stereocenters. The van der Waals surface area contributed by atoms with E-state index in [9.17, 15) is 0 Å². The molecule has 2 rings (SSSR count). The van der Waals surface area contributed by atoms with Gasteiger partial charge < -0.3 is 0 Å². The van der Waals surface area contributed by atoms with Gasteiger partial charge in [-0.3, -0.25) is 4.98 Å². The molecule has 1 aromatic carbocycles. The van der Waals surface area contributed by atoms with E-state index in [1.807, 2.05) is 12.1 Å². The van der Waals surface area contributed by atoms with Crippen LogP contribution in [-0.4, -0.2) is 4.98 Å². The van der Waals surface area contributed by atoms with Gasteiger partial charge >= 0.3 is 0 Å². The van der Waals surface area contributed by atoms with Gasteiger partial charge in [0, 0.05) is 11.1 Å². The molecule has 1 heterocycles. The fourth-order valence-corrected chi connectivity index (χ4v) is 1.55. The molecule has 65 valence electrons. The monoisotopic (exact) mass is 170 g/mol. The van der Waals surface area contributed by atoms with Crippen LogP contribution in [0.4, 0.5) is 0 Å². The summed E-state index contributed by atoms with van der Waals surface area (Å²) >= 11 is 0. The Labute approximate surface area is 78.4 Å². The Morgan fingerprint density at radius 2 is 2.15 bits per heavy atom. The highest BCUT2D eigenvalue weighted by molar-refractivity contribution is 5.84. The summed E-state index contributed by atoms with van der Waals surface area (Å²) in [6, 6.07) is 10.3. The molecule has 0 amide bonds. The lowest BCUT2D eigenvalue weighted by Gasteiger charge is -2.02. The van der Waals surface area contributed by atoms with Crippen LogP contribution in [0.15, 0.2) is 30.3 Å². The van der Waals surface area contributed by atoms with E-state index in [0.29, 0.717) is 0 Å². The number of pyridine rings is 1. The van der Waals surface area contributed by atoms with E-state index in [1.165, 1.54) is 16.5 Å². The first-order chi connectivity index (χ1) is 6.42. The molecule has 0 spiro atoms. The molecule has 1 radical (unpaired) electrons. The summed E-state index contributed by atoms with van der Waals surface area (Å²) in [4.78, 5) is 4.27. The number of aryl methyl sites for hydroxylation is 1. The minimum Gasteiger partial charge on any atom is -0.251 e. The number of nitrogens with zero attached hydrogens (tertiary/aromatic N) is 1. The van der Waals surface area contributed by atoms with Crippen molar-refractivity contribution in [2.45, 2.75) is 19.8 Å². The molecule has 0 aliphatic rings. The summed E-state index contributed by atoms with van der Waals surface area (Å²) in [7, 11) is 0. The molecule has 0 N–H and O–H groups in total. The predicted octanol–water partition coefficient (Wildman–Crippen LogP) is 2.99. The zero-order valence-electron chi connectivity index (χ0n) is 7.75. The molecule has 0 unspecified atom stereocenters. The van der Waals surface area contributed by atoms with E-state index in [0.717, 1.165) is 12.8 Å². The molecule has 2 aromatic rings. The molecule has 1 heteroatoms. The molecule has 0 bridgehead atoms. The Kier molecular flexibility index (Phi) is 2.26. The smallest absolute Gasteiger partial charge is 0.0896 e. The Balaban J connectivity index is 2.61. The van der Waals surface area contributed by atoms with Gasteiger partial charge in [0.2, 0.25) is 0 Å². The third kappa shape index (κ3) is 1.55. The molecule has 0 aliphatic carbocycles. The van der Waals surface area contributed by atoms with Gasteiger partial charge in [0.05, 0.1) is 6.20 Å². The second-order valence-corrected chi connectivity index (χ2v) is 3.17. The van der Waals surface area contributed by atoms with Crippen molar-refractivity contribution >= 4 is 10.8 Å². The van der Waals surface area contributed by atoms with Crippen LogP contribution >= 0.6 is 0 Å². The van der Waals surface area contributed by atoms with Crippen LogP contribution in [0, 0.1) is 6.20 Å². The van der Waals surface area contributed by atoms with Crippen molar-refractivity contribution in [2.75, 3.05) is 0 Å². The maximum absolute atomic E-state index is 4.27. The van der Waals surface area contributed by atoms with Crippen molar-refractivity contribution < 1.29 is 0 Å². The van der Waals surface area contributed by atoms with Crippen LogP contribution in [0.2, 0.25) is 0 Å². The summed E-state index contributed by atoms with van der Waals surface area (Å²) in [6.07, 6.45) is 5.11. The minimum absolute atomic E-state index is 1.04. The van der Waals surface area contributed by atoms with Gasteiger partial charge in [0.25, 0.3) is 0 Å². The largest absolute Gasteiger partial charge is 0.251 e. The first-order valence-electron chi connectivity index (χ1n) is 4.66. The number of fused-ring (bicyclic) bond motifs is 1. The fourth-order valence-electron chi connectivity index (χ4n) is 1.55. The van der Waals surface area contributed by atoms with Gasteiger partial charge in [0.1, 0.15) is 0 Å². The van der Waals surface area contributed by atoms with Gasteiger partial charge in [-0.2, -0.15) is 0 Å². The van der Waals surface area contributed by atoms with Gasteiger partial charge in [-0.1, -0.05) is 37.6 Å². The van der Waals surface area contributed by atoms with E-state index in [-0.39, 0.29) is 0 Å². The van der Waals surface area contributed by atoms with Crippen molar-refractivity contribution in [2.24, 2.45) is 0 Å². The van der Waals surface area contributed by atoms with Crippen LogP contribution in [0.25, 0.3) is 10.8 Å². The highest BCUT2D eigenvalue weighted by Gasteiger charge is 1.99. The number of aromatic nitrogens is 1. The SMILES string of the molecule is CCCc1n[c]cc2ccccc12. The Morgan fingerprint density at radius 3 is 3.00 bits per heavy atom. The average Bonchev–Trinajstić information content (AvgIpc) is 2.19. The van der Waals surface area contributed by atoms with Gasteiger partial charge in [-0.15, -0.1) is 0 Å². The summed E-state index contributed by atoms with van der Waals surface area (Å²) in [5.41, 5.74) is 1.17. The highest BCUT2D eigenvalue weighted by Crippen LogP contribution is 2.16. The van der Waals surface area contributed by atoms with E-state index in [2.05, 4.69) is 36.3 Å². The van der Waals surface area contributed by atoms with E-state index < -0.39 is 0 Å². The van der Waals surface area contributed by atoms with Crippen molar-refractivity contribution in [1.82, 2.24) is 4.98 Å². The average molecular weight is 170 g/mol. The Bertz CT molecular complexity index is 401. The molecule has 0 fully saturated rings. The lowest BCUT2D eigenvalue weighted by Crippen LogP contribution is -1.90. The van der Waals surface area contributed by atoms with Crippen LogP contribution < -0.4 is 0 Å². The Hall–Kier alpha value is -1.37. The molecule has 0 saturated heterocycles. The van der Waals surface area contributed by atoms with Gasteiger partial charge in [-0.25, -0.2) is 0 Å². The molecule has 1 aromatic heterocycles. The van der Waals surface area contributed by atoms with Crippen LogP contribution in [0.3, 0.4) is 0 Å². The normalized spacial score (nSPS) is 10.5. The maximum Gasteiger partial charge on any atom is 0.0896 e. The predicted molar refractivity (Wildman–Crippen MR) is 54.6 cm³/mol. The molecular formula is C12H12N. The lowest BCUT2D eigenvalue weighted by atomic mass is 10.1. The van der Waals surface area contributed by atoms with E-state index in [1.54, 1.807) is 0 Å². The van der Waals surface area contributed by atoms with E-state index in [4.69, 9.17) is 0 Å². The quantitative estimate of drug-likeness (QED) is 0.675. The molecule has 0 saturated carbocycles. The second-order valence-electron chi connectivity index (χ2n) is 3.17. The third-order valence-electron chi connectivity index (χ3n) is 2.18. The Morgan fingerprint density at radius 1 is 1.31 bits per heavy atom. The van der Waals surface area contributed by atoms with Crippen molar-refractivity contribution in [3.8, 4) is 0 Å². The van der Waals surface area contributed by atoms with Gasteiger partial charge in [-0.05, 0) is 17.9 Å². The third-order valence-corrected chi connectivity index (χ3v) is 2.18. The first-order valence-corrected chi connectivity index (χ1v) is 4.66. The fraction of sp³-hybridized carbons (Fsp3) is 0.250. The highest BCUT2D eigenvalue weighted by atomic mass is 14.7. The summed E-state index contributed by atoms with van der Waals surface area (Å²) in [6.45, 7) is 2.17. The maximum atomic E-state index is 4.27. The number of rotatable bonds is 2. The molecule has 13 heavy (non-hydrogen) atoms. The lowest BCUT2D eigenvalue weighted by molar-refractivity contribution is 0.892. The number of hydrogen-bond donors (Lipinski definition) is 0. The molecular weight excluding hydrogens is 158 g/mol. The first kappa shape index (κ1) is 8.24. The van der Waals surface area contributed by atoms with Crippen LogP contribution in [-0.2, 0) is 6.42 Å². The van der Waals surface area contributed by atoms with Crippen molar-refractivity contribution in [1.29, 1.82) is 0 Å².